The van der Waals surface area contributed by atoms with Crippen molar-refractivity contribution in [3.8, 4) is 34.5 Å². The molecule has 2 amide bonds. The number of amides is 2. The number of hydrazone groups is 1. The normalized spacial score (nSPS) is 11.6. The maximum atomic E-state index is 12.9. The van der Waals surface area contributed by atoms with E-state index in [2.05, 4.69) is 15.8 Å². The number of ether oxygens (including phenoxy) is 6. The average Bonchev–Trinajstić information content (AvgIpc) is 3.53. The van der Waals surface area contributed by atoms with E-state index >= 15 is 0 Å². The highest BCUT2D eigenvalue weighted by molar-refractivity contribution is 6.31. The van der Waals surface area contributed by atoms with Crippen LogP contribution in [0.3, 0.4) is 0 Å². The van der Waals surface area contributed by atoms with Crippen LogP contribution < -0.4 is 39.2 Å². The first-order chi connectivity index (χ1) is 21.8. The van der Waals surface area contributed by atoms with E-state index in [0.29, 0.717) is 45.0 Å². The summed E-state index contributed by atoms with van der Waals surface area (Å²) in [6, 6.07) is 18.5. The minimum atomic E-state index is -0.633. The molecule has 0 atom stereocenters. The maximum absolute atomic E-state index is 12.9. The SMILES string of the molecule is COc1cc(C(=O)Nc2ccc(C(=O)N/N=C/c3cc(Cl)ccc3OC(=O)c3ccc4c(c3)OCO4)cc2)cc(OC)c1OC. The van der Waals surface area contributed by atoms with Crippen LogP contribution >= 0.6 is 11.6 Å². The second-order valence-corrected chi connectivity index (χ2v) is 9.72. The zero-order valence-corrected chi connectivity index (χ0v) is 25.0. The Labute approximate surface area is 262 Å². The molecule has 0 aromatic heterocycles. The standard InChI is InChI=1S/C32H26ClN3O9/c1-40-27-14-20(15-28(41-2)29(27)42-3)30(37)35-23-8-4-18(5-9-23)31(38)36-34-16-21-12-22(33)7-11-24(21)45-32(39)19-6-10-25-26(13-19)44-17-43-25/h4-16H,17H2,1-3H3,(H,35,37)(H,36,38)/b34-16+. The van der Waals surface area contributed by atoms with E-state index in [9.17, 15) is 14.4 Å². The molecular weight excluding hydrogens is 606 g/mol. The van der Waals surface area contributed by atoms with Crippen molar-refractivity contribution in [1.82, 2.24) is 5.43 Å². The van der Waals surface area contributed by atoms with Gasteiger partial charge in [-0.3, -0.25) is 9.59 Å². The Bertz CT molecular complexity index is 1770. The topological polar surface area (TPSA) is 143 Å². The fraction of sp³-hybridized carbons (Fsp3) is 0.125. The highest BCUT2D eigenvalue weighted by Gasteiger charge is 2.19. The van der Waals surface area contributed by atoms with Gasteiger partial charge in [-0.1, -0.05) is 11.6 Å². The zero-order valence-electron chi connectivity index (χ0n) is 24.2. The van der Waals surface area contributed by atoms with E-state index in [1.165, 1.54) is 70.0 Å². The predicted octanol–water partition coefficient (Wildman–Crippen LogP) is 5.33. The van der Waals surface area contributed by atoms with Gasteiger partial charge in [-0.25, -0.2) is 10.2 Å². The lowest BCUT2D eigenvalue weighted by molar-refractivity contribution is 0.0733. The van der Waals surface area contributed by atoms with E-state index < -0.39 is 17.8 Å². The summed E-state index contributed by atoms with van der Waals surface area (Å²) >= 11 is 6.14. The molecule has 0 spiro atoms. The number of fused-ring (bicyclic) bond motifs is 1. The van der Waals surface area contributed by atoms with Crippen LogP contribution in [-0.2, 0) is 0 Å². The Morgan fingerprint density at radius 1 is 0.756 bits per heavy atom. The lowest BCUT2D eigenvalue weighted by atomic mass is 10.1. The average molecular weight is 632 g/mol. The highest BCUT2D eigenvalue weighted by atomic mass is 35.5. The van der Waals surface area contributed by atoms with Crippen molar-refractivity contribution in [1.29, 1.82) is 0 Å². The fourth-order valence-corrected chi connectivity index (χ4v) is 4.42. The van der Waals surface area contributed by atoms with Gasteiger partial charge in [0, 0.05) is 27.4 Å². The van der Waals surface area contributed by atoms with Crippen molar-refractivity contribution in [3.05, 3.63) is 100 Å². The van der Waals surface area contributed by atoms with Crippen LogP contribution in [0.1, 0.15) is 36.6 Å². The van der Waals surface area contributed by atoms with Gasteiger partial charge < -0.3 is 33.7 Å². The van der Waals surface area contributed by atoms with Gasteiger partial charge in [-0.05, 0) is 72.8 Å². The molecule has 4 aromatic carbocycles. The molecule has 0 radical (unpaired) electrons. The third-order valence-corrected chi connectivity index (χ3v) is 6.72. The molecule has 1 heterocycles. The second kappa shape index (κ2) is 13.7. The number of anilines is 1. The largest absolute Gasteiger partial charge is 0.493 e. The first-order valence-electron chi connectivity index (χ1n) is 13.3. The summed E-state index contributed by atoms with van der Waals surface area (Å²) in [6.45, 7) is 0.0780. The molecule has 5 rings (SSSR count). The van der Waals surface area contributed by atoms with Crippen molar-refractivity contribution >= 4 is 41.3 Å². The maximum Gasteiger partial charge on any atom is 0.343 e. The molecule has 0 saturated carbocycles. The molecular formula is C32H26ClN3O9. The molecule has 230 valence electrons. The lowest BCUT2D eigenvalue weighted by Crippen LogP contribution is -2.18. The molecule has 1 aliphatic heterocycles. The molecule has 2 N–H and O–H groups in total. The monoisotopic (exact) mass is 631 g/mol. The number of esters is 1. The Balaban J connectivity index is 1.21. The van der Waals surface area contributed by atoms with Crippen molar-refractivity contribution in [2.45, 2.75) is 0 Å². The summed E-state index contributed by atoms with van der Waals surface area (Å²) in [7, 11) is 4.38. The van der Waals surface area contributed by atoms with Gasteiger partial charge in [0.05, 0.1) is 33.1 Å². The van der Waals surface area contributed by atoms with Crippen molar-refractivity contribution in [2.75, 3.05) is 33.4 Å². The van der Waals surface area contributed by atoms with Crippen molar-refractivity contribution in [3.63, 3.8) is 0 Å². The number of nitrogens with zero attached hydrogens (tertiary/aromatic N) is 1. The number of benzene rings is 4. The molecule has 45 heavy (non-hydrogen) atoms. The summed E-state index contributed by atoms with van der Waals surface area (Å²) < 4.78 is 32.0. The van der Waals surface area contributed by atoms with Crippen LogP contribution in [0, 0.1) is 0 Å². The van der Waals surface area contributed by atoms with Gasteiger partial charge in [-0.2, -0.15) is 5.10 Å². The number of methoxy groups -OCH3 is 3. The van der Waals surface area contributed by atoms with Crippen molar-refractivity contribution < 1.29 is 42.8 Å². The summed E-state index contributed by atoms with van der Waals surface area (Å²) in [6.07, 6.45) is 1.30. The van der Waals surface area contributed by atoms with Crippen LogP contribution in [0.25, 0.3) is 0 Å². The Hall–Kier alpha value is -5.75. The third-order valence-electron chi connectivity index (χ3n) is 6.48. The molecule has 0 unspecified atom stereocenters. The molecule has 0 aliphatic carbocycles. The molecule has 12 nitrogen and oxygen atoms in total. The first-order valence-corrected chi connectivity index (χ1v) is 13.6. The van der Waals surface area contributed by atoms with Crippen LogP contribution in [0.5, 0.6) is 34.5 Å². The Kier molecular flexibility index (Phi) is 9.34. The van der Waals surface area contributed by atoms with E-state index in [-0.39, 0.29) is 29.2 Å². The van der Waals surface area contributed by atoms with E-state index in [4.69, 9.17) is 40.0 Å². The summed E-state index contributed by atoms with van der Waals surface area (Å²) in [4.78, 5) is 38.4. The molecule has 4 aromatic rings. The summed E-state index contributed by atoms with van der Waals surface area (Å²) in [5, 5.41) is 7.12. The zero-order chi connectivity index (χ0) is 31.9. The van der Waals surface area contributed by atoms with Gasteiger partial charge in [0.1, 0.15) is 5.75 Å². The smallest absolute Gasteiger partial charge is 0.343 e. The Morgan fingerprint density at radius 2 is 1.44 bits per heavy atom. The number of hydrogen-bond donors (Lipinski definition) is 2. The minimum absolute atomic E-state index is 0.0780. The van der Waals surface area contributed by atoms with Gasteiger partial charge in [-0.15, -0.1) is 0 Å². The summed E-state index contributed by atoms with van der Waals surface area (Å²) in [5.41, 5.74) is 4.03. The second-order valence-electron chi connectivity index (χ2n) is 9.28. The number of nitrogens with one attached hydrogen (secondary N) is 2. The number of rotatable bonds is 10. The van der Waals surface area contributed by atoms with Crippen LogP contribution in [0.2, 0.25) is 5.02 Å². The quantitative estimate of drug-likeness (QED) is 0.103. The first kappa shape index (κ1) is 30.7. The van der Waals surface area contributed by atoms with Gasteiger partial charge in [0.2, 0.25) is 12.5 Å². The summed E-state index contributed by atoms with van der Waals surface area (Å²) in [5.74, 6) is 0.616. The minimum Gasteiger partial charge on any atom is -0.493 e. The van der Waals surface area contributed by atoms with E-state index in [0.717, 1.165) is 0 Å². The van der Waals surface area contributed by atoms with E-state index in [1.54, 1.807) is 30.3 Å². The molecule has 1 aliphatic rings. The van der Waals surface area contributed by atoms with Crippen LogP contribution in [0.15, 0.2) is 77.9 Å². The molecule has 0 fully saturated rings. The highest BCUT2D eigenvalue weighted by Crippen LogP contribution is 2.38. The fourth-order valence-electron chi connectivity index (χ4n) is 4.24. The number of carbonyl (C=O) groups excluding carboxylic acids is 3. The number of carbonyl (C=O) groups is 3. The van der Waals surface area contributed by atoms with Gasteiger partial charge in [0.15, 0.2) is 23.0 Å². The van der Waals surface area contributed by atoms with Crippen LogP contribution in [-0.4, -0.2) is 52.1 Å². The Morgan fingerprint density at radius 3 is 2.13 bits per heavy atom. The van der Waals surface area contributed by atoms with Gasteiger partial charge in [0.25, 0.3) is 11.8 Å². The van der Waals surface area contributed by atoms with Crippen molar-refractivity contribution in [2.24, 2.45) is 5.10 Å². The number of hydrogen-bond acceptors (Lipinski definition) is 10. The predicted molar refractivity (Wildman–Crippen MR) is 165 cm³/mol. The molecule has 0 saturated heterocycles. The number of halogens is 1. The third kappa shape index (κ3) is 7.08. The molecule has 13 heteroatoms. The van der Waals surface area contributed by atoms with Gasteiger partial charge >= 0.3 is 5.97 Å². The molecule has 0 bridgehead atoms. The van der Waals surface area contributed by atoms with E-state index in [1.807, 2.05) is 0 Å². The van der Waals surface area contributed by atoms with Crippen LogP contribution in [0.4, 0.5) is 5.69 Å². The lowest BCUT2D eigenvalue weighted by Gasteiger charge is -2.14.